The molecule has 0 aromatic heterocycles. The van der Waals surface area contributed by atoms with Gasteiger partial charge in [0.25, 0.3) is 0 Å². The van der Waals surface area contributed by atoms with Gasteiger partial charge in [-0.15, -0.1) is 0 Å². The summed E-state index contributed by atoms with van der Waals surface area (Å²) in [5.41, 5.74) is 0. The lowest BCUT2D eigenvalue weighted by atomic mass is 10.2. The van der Waals surface area contributed by atoms with Gasteiger partial charge < -0.3 is 34.8 Å². The van der Waals surface area contributed by atoms with Crippen LogP contribution in [-0.4, -0.2) is 88.1 Å². The molecular weight excluding hydrogens is 824 g/mol. The van der Waals surface area contributed by atoms with Crippen molar-refractivity contribution in [2.75, 3.05) is 26.4 Å². The second-order valence-electron chi connectivity index (χ2n) is 14.0. The molecule has 13 heteroatoms. The quantitative estimate of drug-likeness (QED) is 0.0171. The Morgan fingerprint density at radius 1 is 0.524 bits per heavy atom. The van der Waals surface area contributed by atoms with Crippen molar-refractivity contribution in [2.24, 2.45) is 0 Å². The van der Waals surface area contributed by atoms with E-state index in [1.165, 1.54) is 0 Å². The third-order valence-electron chi connectivity index (χ3n) is 8.18. The smallest absolute Gasteiger partial charge is 0.462 e. The highest BCUT2D eigenvalue weighted by atomic mass is 31.2. The first-order valence-electron chi connectivity index (χ1n) is 22.0. The zero-order chi connectivity index (χ0) is 46.5. The minimum absolute atomic E-state index is 0.0108. The second-order valence-corrected chi connectivity index (χ2v) is 15.5. The predicted octanol–water partition coefficient (Wildman–Crippen LogP) is 9.83. The molecule has 0 aromatic rings. The van der Waals surface area contributed by atoms with Crippen molar-refractivity contribution in [3.8, 4) is 0 Å². The van der Waals surface area contributed by atoms with Gasteiger partial charge in [-0.1, -0.05) is 160 Å². The fourth-order valence-corrected chi connectivity index (χ4v) is 5.60. The third-order valence-corrected chi connectivity index (χ3v) is 9.13. The van der Waals surface area contributed by atoms with Crippen molar-refractivity contribution in [2.45, 2.75) is 128 Å². The lowest BCUT2D eigenvalue weighted by Gasteiger charge is -2.20. The zero-order valence-corrected chi connectivity index (χ0v) is 38.3. The number of carbonyl (C=O) groups is 2. The summed E-state index contributed by atoms with van der Waals surface area (Å²) in [6, 6.07) is 0. The Kier molecular flexibility index (Phi) is 40.2. The standard InChI is InChI=1S/C50H75O12P/c1-3-5-7-8-9-10-11-12-13-14-15-16-17-18-19-20-21-26-34-40-50(56)62-48(44-61-63(57,58)60-42-47(54)41-51)43-59-49(55)39-33-25-23-22-24-30-36-46(53)38-32-28-27-31-37-45(52)35-29-6-4-2/h5-7,9-10,12-13,15-16,18-19,21,23-32,37-38,45-48,51-54H,3-4,8,11,14,17,20,22,33-36,39-44H2,1-2H3,(H,57,58)/b7-5-,10-9-,13-12-,16-15-,19-18-,25-23-,26-21-,28-27-,29-6-,30-24-,37-31+,38-32+/t45-,46+,47+,48-/m1/s1. The van der Waals surface area contributed by atoms with E-state index < -0.39 is 70.6 Å². The topological polar surface area (TPSA) is 189 Å². The number of esters is 2. The van der Waals surface area contributed by atoms with Gasteiger partial charge in [-0.2, -0.15) is 0 Å². The molecule has 0 aromatic carbocycles. The molecule has 0 aliphatic heterocycles. The van der Waals surface area contributed by atoms with E-state index >= 15 is 0 Å². The number of phosphoric ester groups is 1. The van der Waals surface area contributed by atoms with Crippen LogP contribution in [-0.2, 0) is 32.7 Å². The van der Waals surface area contributed by atoms with Crippen LogP contribution in [0.5, 0.6) is 0 Å². The SMILES string of the molecule is CC/C=C\C/C=C\C/C=C\C/C=C\C/C=C\C/C=C\CCC(=O)O[C@H](COC(=O)CC/C=C\C/C=C\C[C@H](O)/C=C/C=C\C=C\[C@H](O)C/C=C\CC)COP(=O)(O)OC[C@@H](O)CO. The Labute approximate surface area is 377 Å². The van der Waals surface area contributed by atoms with Gasteiger partial charge in [0.2, 0.25) is 0 Å². The molecule has 0 aliphatic rings. The van der Waals surface area contributed by atoms with Crippen LogP contribution in [0.1, 0.15) is 104 Å². The summed E-state index contributed by atoms with van der Waals surface area (Å²) in [7, 11) is -4.69. The van der Waals surface area contributed by atoms with Crippen LogP contribution in [0.2, 0.25) is 0 Å². The molecule has 5 N–H and O–H groups in total. The van der Waals surface area contributed by atoms with E-state index in [1.54, 1.807) is 36.5 Å². The number of rotatable bonds is 38. The second kappa shape index (κ2) is 43.0. The summed E-state index contributed by atoms with van der Waals surface area (Å²) in [4.78, 5) is 35.0. The van der Waals surface area contributed by atoms with Crippen LogP contribution in [0, 0.1) is 0 Å². The Morgan fingerprint density at radius 3 is 1.40 bits per heavy atom. The maximum absolute atomic E-state index is 12.6. The van der Waals surface area contributed by atoms with Crippen molar-refractivity contribution in [3.05, 3.63) is 146 Å². The third kappa shape index (κ3) is 42.8. The average Bonchev–Trinajstić information content (AvgIpc) is 3.26. The summed E-state index contributed by atoms with van der Waals surface area (Å²) in [5.74, 6) is -1.21. The van der Waals surface area contributed by atoms with Gasteiger partial charge in [-0.3, -0.25) is 18.6 Å². The van der Waals surface area contributed by atoms with Crippen molar-refractivity contribution in [3.63, 3.8) is 0 Å². The van der Waals surface area contributed by atoms with Crippen LogP contribution in [0.25, 0.3) is 0 Å². The summed E-state index contributed by atoms with van der Waals surface area (Å²) < 4.78 is 32.5. The van der Waals surface area contributed by atoms with E-state index in [0.717, 1.165) is 38.5 Å². The molecule has 352 valence electrons. The molecular formula is C50H75O12P. The van der Waals surface area contributed by atoms with E-state index in [1.807, 2.05) is 61.6 Å². The Bertz CT molecular complexity index is 1580. The van der Waals surface area contributed by atoms with Crippen molar-refractivity contribution < 1.29 is 58.0 Å². The Morgan fingerprint density at radius 2 is 0.921 bits per heavy atom. The van der Waals surface area contributed by atoms with E-state index in [9.17, 15) is 34.4 Å². The van der Waals surface area contributed by atoms with E-state index in [2.05, 4.69) is 66.1 Å². The van der Waals surface area contributed by atoms with Gasteiger partial charge in [0.15, 0.2) is 6.10 Å². The Hall–Kier alpha value is -4.23. The van der Waals surface area contributed by atoms with Gasteiger partial charge in [0, 0.05) is 12.8 Å². The minimum Gasteiger partial charge on any atom is -0.462 e. The van der Waals surface area contributed by atoms with Crippen LogP contribution in [0.3, 0.4) is 0 Å². The molecule has 0 aliphatic carbocycles. The lowest BCUT2D eigenvalue weighted by molar-refractivity contribution is -0.161. The molecule has 0 saturated carbocycles. The number of carbonyl (C=O) groups excluding carboxylic acids is 2. The summed E-state index contributed by atoms with van der Waals surface area (Å²) in [5, 5.41) is 38.3. The number of aliphatic hydroxyl groups excluding tert-OH is 4. The van der Waals surface area contributed by atoms with Crippen molar-refractivity contribution >= 4 is 19.8 Å². The molecule has 5 atom stereocenters. The van der Waals surface area contributed by atoms with Crippen molar-refractivity contribution in [1.29, 1.82) is 0 Å². The van der Waals surface area contributed by atoms with Gasteiger partial charge in [-0.25, -0.2) is 4.57 Å². The molecule has 0 rings (SSSR count). The van der Waals surface area contributed by atoms with Gasteiger partial charge in [0.05, 0.1) is 32.0 Å². The summed E-state index contributed by atoms with van der Waals surface area (Å²) >= 11 is 0. The van der Waals surface area contributed by atoms with Crippen LogP contribution >= 0.6 is 7.82 Å². The Balaban J connectivity index is 4.67. The number of ether oxygens (including phenoxy) is 2. The molecule has 63 heavy (non-hydrogen) atoms. The van der Waals surface area contributed by atoms with Gasteiger partial charge in [-0.05, 0) is 77.0 Å². The fourth-order valence-electron chi connectivity index (χ4n) is 4.81. The summed E-state index contributed by atoms with van der Waals surface area (Å²) in [6.45, 7) is 1.75. The number of hydrogen-bond donors (Lipinski definition) is 5. The van der Waals surface area contributed by atoms with Crippen LogP contribution in [0.4, 0.5) is 0 Å². The van der Waals surface area contributed by atoms with Crippen LogP contribution in [0.15, 0.2) is 146 Å². The first kappa shape index (κ1) is 58.8. The summed E-state index contributed by atoms with van der Waals surface area (Å²) in [6.07, 6.45) is 51.9. The van der Waals surface area contributed by atoms with E-state index in [4.69, 9.17) is 19.1 Å². The average molecular weight is 899 g/mol. The fraction of sp³-hybridized carbons (Fsp3) is 0.480. The maximum atomic E-state index is 12.6. The lowest BCUT2D eigenvalue weighted by Crippen LogP contribution is -2.29. The van der Waals surface area contributed by atoms with Crippen LogP contribution < -0.4 is 0 Å². The highest BCUT2D eigenvalue weighted by Crippen LogP contribution is 2.43. The van der Waals surface area contributed by atoms with E-state index in [0.29, 0.717) is 38.5 Å². The number of aliphatic hydroxyl groups is 4. The largest absolute Gasteiger partial charge is 0.472 e. The molecule has 0 radical (unpaired) electrons. The first-order chi connectivity index (χ1) is 30.5. The predicted molar refractivity (Wildman–Crippen MR) is 253 cm³/mol. The van der Waals surface area contributed by atoms with Gasteiger partial charge in [0.1, 0.15) is 12.7 Å². The number of allylic oxidation sites excluding steroid dienone is 20. The molecule has 0 bridgehead atoms. The number of phosphoric acid groups is 1. The van der Waals surface area contributed by atoms with Crippen molar-refractivity contribution in [1.82, 2.24) is 0 Å². The molecule has 0 saturated heterocycles. The monoisotopic (exact) mass is 898 g/mol. The highest BCUT2D eigenvalue weighted by molar-refractivity contribution is 7.47. The molecule has 1 unspecified atom stereocenters. The molecule has 0 amide bonds. The molecule has 0 heterocycles. The molecule has 12 nitrogen and oxygen atoms in total. The molecule has 0 fully saturated rings. The highest BCUT2D eigenvalue weighted by Gasteiger charge is 2.27. The first-order valence-corrected chi connectivity index (χ1v) is 23.5. The zero-order valence-electron chi connectivity index (χ0n) is 37.4. The number of hydrogen-bond acceptors (Lipinski definition) is 11. The minimum atomic E-state index is -4.69. The maximum Gasteiger partial charge on any atom is 0.472 e. The van der Waals surface area contributed by atoms with E-state index in [-0.39, 0.29) is 12.8 Å². The molecule has 0 spiro atoms. The van der Waals surface area contributed by atoms with Gasteiger partial charge >= 0.3 is 19.8 Å². The normalized spacial score (nSPS) is 16.1.